The maximum absolute atomic E-state index is 12.2. The molecule has 0 bridgehead atoms. The predicted octanol–water partition coefficient (Wildman–Crippen LogP) is 3.00. The molecular formula is C16H17NO3S. The largest absolute Gasteiger partial charge is 0.443 e. The van der Waals surface area contributed by atoms with Crippen molar-refractivity contribution < 1.29 is 14.3 Å². The van der Waals surface area contributed by atoms with E-state index < -0.39 is 18.0 Å². The summed E-state index contributed by atoms with van der Waals surface area (Å²) in [7, 11) is 0. The fourth-order valence-electron chi connectivity index (χ4n) is 2.05. The Balaban J connectivity index is 2.21. The molecule has 1 aromatic carbocycles. The van der Waals surface area contributed by atoms with Crippen LogP contribution in [0.25, 0.3) is 0 Å². The molecule has 0 saturated carbocycles. The molecule has 1 atom stereocenters. The van der Waals surface area contributed by atoms with Crippen LogP contribution in [0.2, 0.25) is 0 Å². The number of hydrogen-bond donors (Lipinski definition) is 1. The molecule has 0 saturated heterocycles. The Morgan fingerprint density at radius 1 is 1.29 bits per heavy atom. The van der Waals surface area contributed by atoms with Gasteiger partial charge in [-0.25, -0.2) is 4.79 Å². The molecule has 0 radical (unpaired) electrons. The summed E-state index contributed by atoms with van der Waals surface area (Å²) < 4.78 is 5.29. The average molecular weight is 303 g/mol. The maximum Gasteiger partial charge on any atom is 0.349 e. The SMILES string of the molecule is CCc1cc(C(=O)O[C@@H](C(N)=O)c2ccccc2)sc1C. The molecule has 1 amide bonds. The van der Waals surface area contributed by atoms with E-state index in [2.05, 4.69) is 0 Å². The minimum atomic E-state index is -1.06. The fourth-order valence-corrected chi connectivity index (χ4v) is 3.05. The number of aryl methyl sites for hydroxylation is 2. The summed E-state index contributed by atoms with van der Waals surface area (Å²) >= 11 is 1.37. The van der Waals surface area contributed by atoms with Gasteiger partial charge in [-0.05, 0) is 25.0 Å². The minimum Gasteiger partial charge on any atom is -0.443 e. The molecule has 5 heteroatoms. The zero-order chi connectivity index (χ0) is 15.4. The number of carbonyl (C=O) groups is 2. The highest BCUT2D eigenvalue weighted by molar-refractivity contribution is 7.14. The van der Waals surface area contributed by atoms with Crippen LogP contribution in [0.5, 0.6) is 0 Å². The molecule has 1 heterocycles. The third-order valence-electron chi connectivity index (χ3n) is 3.19. The van der Waals surface area contributed by atoms with Crippen molar-refractivity contribution in [2.24, 2.45) is 5.73 Å². The summed E-state index contributed by atoms with van der Waals surface area (Å²) in [4.78, 5) is 25.3. The van der Waals surface area contributed by atoms with E-state index in [1.165, 1.54) is 11.3 Å². The lowest BCUT2D eigenvalue weighted by Crippen LogP contribution is -2.26. The third kappa shape index (κ3) is 3.49. The van der Waals surface area contributed by atoms with Crippen molar-refractivity contribution in [1.29, 1.82) is 0 Å². The van der Waals surface area contributed by atoms with Crippen LogP contribution in [0.4, 0.5) is 0 Å². The number of carbonyl (C=O) groups excluding carboxylic acids is 2. The van der Waals surface area contributed by atoms with E-state index >= 15 is 0 Å². The summed E-state index contributed by atoms with van der Waals surface area (Å²) in [6, 6.07) is 10.6. The molecule has 0 spiro atoms. The van der Waals surface area contributed by atoms with Gasteiger partial charge in [-0.1, -0.05) is 37.3 Å². The molecule has 2 rings (SSSR count). The molecule has 0 aliphatic carbocycles. The van der Waals surface area contributed by atoms with Gasteiger partial charge in [-0.15, -0.1) is 11.3 Å². The highest BCUT2D eigenvalue weighted by atomic mass is 32.1. The van der Waals surface area contributed by atoms with E-state index in [0.29, 0.717) is 10.4 Å². The smallest absolute Gasteiger partial charge is 0.349 e. The van der Waals surface area contributed by atoms with E-state index in [1.54, 1.807) is 24.3 Å². The summed E-state index contributed by atoms with van der Waals surface area (Å²) in [5.41, 5.74) is 7.03. The van der Waals surface area contributed by atoms with E-state index in [-0.39, 0.29) is 0 Å². The Bertz CT molecular complexity index is 649. The van der Waals surface area contributed by atoms with Gasteiger partial charge in [0.1, 0.15) is 4.88 Å². The molecule has 0 aliphatic heterocycles. The van der Waals surface area contributed by atoms with Crippen LogP contribution in [-0.2, 0) is 16.0 Å². The Morgan fingerprint density at radius 2 is 1.95 bits per heavy atom. The van der Waals surface area contributed by atoms with Crippen LogP contribution >= 0.6 is 11.3 Å². The van der Waals surface area contributed by atoms with E-state index in [1.807, 2.05) is 26.0 Å². The lowest BCUT2D eigenvalue weighted by Gasteiger charge is -2.14. The highest BCUT2D eigenvalue weighted by Gasteiger charge is 2.24. The van der Waals surface area contributed by atoms with E-state index in [0.717, 1.165) is 16.9 Å². The van der Waals surface area contributed by atoms with Crippen LogP contribution in [0.3, 0.4) is 0 Å². The van der Waals surface area contributed by atoms with Crippen molar-refractivity contribution >= 4 is 23.2 Å². The fraction of sp³-hybridized carbons (Fsp3) is 0.250. The summed E-state index contributed by atoms with van der Waals surface area (Å²) in [5, 5.41) is 0. The lowest BCUT2D eigenvalue weighted by molar-refractivity contribution is -0.127. The van der Waals surface area contributed by atoms with E-state index in [9.17, 15) is 9.59 Å². The van der Waals surface area contributed by atoms with Gasteiger partial charge in [0.05, 0.1) is 0 Å². The number of thiophene rings is 1. The van der Waals surface area contributed by atoms with Gasteiger partial charge in [0.15, 0.2) is 0 Å². The van der Waals surface area contributed by atoms with Crippen molar-refractivity contribution in [1.82, 2.24) is 0 Å². The number of benzene rings is 1. The summed E-state index contributed by atoms with van der Waals surface area (Å²) in [6.45, 7) is 3.99. The van der Waals surface area contributed by atoms with Crippen LogP contribution in [0, 0.1) is 6.92 Å². The van der Waals surface area contributed by atoms with Crippen LogP contribution in [0.15, 0.2) is 36.4 Å². The first kappa shape index (κ1) is 15.3. The van der Waals surface area contributed by atoms with Gasteiger partial charge < -0.3 is 10.5 Å². The number of amides is 1. The molecule has 1 aromatic heterocycles. The van der Waals surface area contributed by atoms with Crippen molar-refractivity contribution in [3.05, 3.63) is 57.3 Å². The Kier molecular flexibility index (Phi) is 4.75. The number of ether oxygens (including phenoxy) is 1. The summed E-state index contributed by atoms with van der Waals surface area (Å²) in [5.74, 6) is -1.20. The Labute approximate surface area is 127 Å². The first-order valence-corrected chi connectivity index (χ1v) is 7.49. The number of nitrogens with two attached hydrogens (primary N) is 1. The quantitative estimate of drug-likeness (QED) is 0.863. The highest BCUT2D eigenvalue weighted by Crippen LogP contribution is 2.25. The zero-order valence-electron chi connectivity index (χ0n) is 12.0. The minimum absolute atomic E-state index is 0.492. The molecule has 2 aromatic rings. The van der Waals surface area contributed by atoms with Gasteiger partial charge >= 0.3 is 5.97 Å². The van der Waals surface area contributed by atoms with Crippen molar-refractivity contribution in [2.75, 3.05) is 0 Å². The van der Waals surface area contributed by atoms with Crippen LogP contribution < -0.4 is 5.73 Å². The average Bonchev–Trinajstić information content (AvgIpc) is 2.86. The molecule has 110 valence electrons. The molecule has 21 heavy (non-hydrogen) atoms. The van der Waals surface area contributed by atoms with Gasteiger partial charge in [0.2, 0.25) is 6.10 Å². The molecule has 4 nitrogen and oxygen atoms in total. The molecule has 0 fully saturated rings. The second-order valence-electron chi connectivity index (χ2n) is 4.64. The molecular weight excluding hydrogens is 286 g/mol. The maximum atomic E-state index is 12.2. The Hall–Kier alpha value is -2.14. The van der Waals surface area contributed by atoms with E-state index in [4.69, 9.17) is 10.5 Å². The first-order valence-electron chi connectivity index (χ1n) is 6.67. The molecule has 0 unspecified atom stereocenters. The van der Waals surface area contributed by atoms with Gasteiger partial charge in [0, 0.05) is 10.4 Å². The Morgan fingerprint density at radius 3 is 2.48 bits per heavy atom. The lowest BCUT2D eigenvalue weighted by atomic mass is 10.1. The van der Waals surface area contributed by atoms with Gasteiger partial charge in [0.25, 0.3) is 5.91 Å². The molecule has 0 aliphatic rings. The van der Waals surface area contributed by atoms with Gasteiger partial charge in [-0.2, -0.15) is 0 Å². The van der Waals surface area contributed by atoms with Crippen molar-refractivity contribution in [3.8, 4) is 0 Å². The second kappa shape index (κ2) is 6.54. The first-order chi connectivity index (χ1) is 10.0. The normalized spacial score (nSPS) is 11.9. The second-order valence-corrected chi connectivity index (χ2v) is 5.90. The predicted molar refractivity (Wildman–Crippen MR) is 82.2 cm³/mol. The third-order valence-corrected chi connectivity index (χ3v) is 4.26. The monoisotopic (exact) mass is 303 g/mol. The number of hydrogen-bond acceptors (Lipinski definition) is 4. The zero-order valence-corrected chi connectivity index (χ0v) is 12.8. The van der Waals surface area contributed by atoms with Crippen molar-refractivity contribution in [2.45, 2.75) is 26.4 Å². The van der Waals surface area contributed by atoms with Crippen LogP contribution in [0.1, 0.15) is 38.7 Å². The summed E-state index contributed by atoms with van der Waals surface area (Å²) in [6.07, 6.45) is -0.209. The number of esters is 1. The number of rotatable bonds is 5. The van der Waals surface area contributed by atoms with Crippen LogP contribution in [-0.4, -0.2) is 11.9 Å². The number of primary amides is 1. The molecule has 2 N–H and O–H groups in total. The standard InChI is InChI=1S/C16H17NO3S/c1-3-11-9-13(21-10(11)2)16(19)20-14(15(17)18)12-7-5-4-6-8-12/h4-9,14H,3H2,1-2H3,(H2,17,18)/t14-/m1/s1. The van der Waals surface area contributed by atoms with Crippen molar-refractivity contribution in [3.63, 3.8) is 0 Å². The van der Waals surface area contributed by atoms with Gasteiger partial charge in [-0.3, -0.25) is 4.79 Å². The topological polar surface area (TPSA) is 69.4 Å².